The highest BCUT2D eigenvalue weighted by Gasteiger charge is 2.50. The molecule has 2 saturated carbocycles. The van der Waals surface area contributed by atoms with E-state index in [1.165, 1.54) is 17.5 Å². The lowest BCUT2D eigenvalue weighted by Crippen LogP contribution is -2.64. The number of nitrogens with zero attached hydrogens (tertiary/aromatic N) is 1. The van der Waals surface area contributed by atoms with Gasteiger partial charge in [0.1, 0.15) is 5.60 Å². The zero-order chi connectivity index (χ0) is 23.9. The molecule has 0 saturated heterocycles. The van der Waals surface area contributed by atoms with E-state index in [4.69, 9.17) is 4.74 Å². The lowest BCUT2D eigenvalue weighted by atomic mass is 9.58. The number of hydrogen-bond donors (Lipinski definition) is 2. The van der Waals surface area contributed by atoms with Gasteiger partial charge >= 0.3 is 6.09 Å². The maximum Gasteiger partial charge on any atom is 0.408 e. The third kappa shape index (κ3) is 5.53. The van der Waals surface area contributed by atoms with Crippen molar-refractivity contribution in [1.82, 2.24) is 15.5 Å². The summed E-state index contributed by atoms with van der Waals surface area (Å²) in [5.74, 6) is 1.29. The smallest absolute Gasteiger partial charge is 0.408 e. The van der Waals surface area contributed by atoms with Crippen LogP contribution >= 0.6 is 0 Å². The number of carbonyl (C=O) groups is 2. The monoisotopic (exact) mass is 455 g/mol. The van der Waals surface area contributed by atoms with Gasteiger partial charge < -0.3 is 20.3 Å². The van der Waals surface area contributed by atoms with Crippen LogP contribution in [0.2, 0.25) is 0 Å². The minimum Gasteiger partial charge on any atom is -0.444 e. The Morgan fingerprint density at radius 2 is 1.82 bits per heavy atom. The largest absolute Gasteiger partial charge is 0.444 e. The fraction of sp³-hybridized carbons (Fsp3) is 0.704. The lowest BCUT2D eigenvalue weighted by molar-refractivity contribution is -0.131. The van der Waals surface area contributed by atoms with Crippen LogP contribution in [-0.4, -0.2) is 40.1 Å². The molecule has 1 heterocycles. The van der Waals surface area contributed by atoms with Crippen molar-refractivity contribution >= 4 is 12.0 Å². The molecule has 1 aliphatic heterocycles. The van der Waals surface area contributed by atoms with Crippen molar-refractivity contribution in [3.05, 3.63) is 35.4 Å². The maximum absolute atomic E-state index is 13.1. The molecule has 4 rings (SSSR count). The Balaban J connectivity index is 1.41. The molecule has 0 spiro atoms. The molecule has 4 atom stereocenters. The van der Waals surface area contributed by atoms with Gasteiger partial charge in [0.05, 0.1) is 6.54 Å². The minimum atomic E-state index is -0.477. The molecule has 6 nitrogen and oxygen atoms in total. The first-order valence-corrected chi connectivity index (χ1v) is 12.6. The molecule has 33 heavy (non-hydrogen) atoms. The third-order valence-electron chi connectivity index (χ3n) is 8.05. The first-order valence-electron chi connectivity index (χ1n) is 12.6. The van der Waals surface area contributed by atoms with Gasteiger partial charge in [-0.25, -0.2) is 4.79 Å². The fourth-order valence-electron chi connectivity index (χ4n) is 6.58. The molecule has 2 fully saturated rings. The Kier molecular flexibility index (Phi) is 6.51. The van der Waals surface area contributed by atoms with Gasteiger partial charge in [-0.1, -0.05) is 38.1 Å². The van der Waals surface area contributed by atoms with E-state index in [0.29, 0.717) is 31.5 Å². The molecule has 4 unspecified atom stereocenters. The van der Waals surface area contributed by atoms with Gasteiger partial charge in [-0.3, -0.25) is 4.79 Å². The number of nitrogens with one attached hydrogen (secondary N) is 2. The summed E-state index contributed by atoms with van der Waals surface area (Å²) in [6.07, 6.45) is 5.48. The Bertz CT molecular complexity index is 871. The number of fused-ring (bicyclic) bond motifs is 3. The number of hydrogen-bond acceptors (Lipinski definition) is 4. The first kappa shape index (κ1) is 24.1. The molecule has 2 amide bonds. The molecule has 3 aliphatic rings. The van der Waals surface area contributed by atoms with Crippen molar-refractivity contribution in [3.63, 3.8) is 0 Å². The third-order valence-corrected chi connectivity index (χ3v) is 8.05. The molecular formula is C27H41N3O3. The van der Waals surface area contributed by atoms with Gasteiger partial charge in [-0.05, 0) is 82.3 Å². The van der Waals surface area contributed by atoms with Crippen molar-refractivity contribution in [3.8, 4) is 0 Å². The number of benzene rings is 1. The van der Waals surface area contributed by atoms with Crippen LogP contribution in [0.15, 0.2) is 24.3 Å². The highest BCUT2D eigenvalue weighted by Crippen LogP contribution is 2.49. The second-order valence-corrected chi connectivity index (χ2v) is 11.8. The summed E-state index contributed by atoms with van der Waals surface area (Å²) in [5, 5.41) is 6.92. The summed E-state index contributed by atoms with van der Waals surface area (Å²) in [7, 11) is 0. The highest BCUT2D eigenvalue weighted by atomic mass is 16.6. The van der Waals surface area contributed by atoms with Crippen LogP contribution in [0.1, 0.15) is 84.3 Å². The van der Waals surface area contributed by atoms with Gasteiger partial charge in [-0.2, -0.15) is 0 Å². The molecule has 1 aromatic carbocycles. The molecule has 2 bridgehead atoms. The minimum absolute atomic E-state index is 0.134. The normalized spacial score (nSPS) is 31.1. The van der Waals surface area contributed by atoms with E-state index < -0.39 is 5.60 Å². The van der Waals surface area contributed by atoms with Crippen molar-refractivity contribution < 1.29 is 14.3 Å². The van der Waals surface area contributed by atoms with Crippen LogP contribution in [0.25, 0.3) is 0 Å². The molecule has 2 aliphatic carbocycles. The maximum atomic E-state index is 13.1. The number of carbonyl (C=O) groups excluding carboxylic acids is 2. The average Bonchev–Trinajstić information content (AvgIpc) is 3.14. The number of ether oxygens (including phenoxy) is 1. The Morgan fingerprint density at radius 1 is 1.15 bits per heavy atom. The van der Waals surface area contributed by atoms with E-state index in [1.807, 2.05) is 37.8 Å². The van der Waals surface area contributed by atoms with Crippen LogP contribution in [0.5, 0.6) is 0 Å². The van der Waals surface area contributed by atoms with E-state index >= 15 is 0 Å². The van der Waals surface area contributed by atoms with E-state index in [0.717, 1.165) is 32.1 Å². The summed E-state index contributed by atoms with van der Waals surface area (Å²) in [6.45, 7) is 12.1. The van der Waals surface area contributed by atoms with Crippen LogP contribution in [0, 0.1) is 11.8 Å². The molecular weight excluding hydrogens is 414 g/mol. The average molecular weight is 456 g/mol. The molecule has 1 aromatic rings. The van der Waals surface area contributed by atoms with Crippen molar-refractivity contribution in [2.24, 2.45) is 11.8 Å². The topological polar surface area (TPSA) is 70.7 Å². The van der Waals surface area contributed by atoms with Crippen molar-refractivity contribution in [2.45, 2.75) is 103 Å². The summed E-state index contributed by atoms with van der Waals surface area (Å²) in [4.78, 5) is 27.8. The predicted octanol–water partition coefficient (Wildman–Crippen LogP) is 4.76. The first-order chi connectivity index (χ1) is 15.5. The standard InChI is InChI=1S/C27H41N3O3/c1-6-25(3,4)33-24(32)29-26(5)13-20-11-19(2)12-27(14-20,18-26)28-15-23(31)30-16-21-9-7-8-10-22(21)17-30/h7-10,19-20,28H,6,11-18H2,1-5H3,(H,29,32). The summed E-state index contributed by atoms with van der Waals surface area (Å²) in [6, 6.07) is 8.30. The van der Waals surface area contributed by atoms with Crippen LogP contribution < -0.4 is 10.6 Å². The Hall–Kier alpha value is -2.08. The second kappa shape index (κ2) is 8.94. The van der Waals surface area contributed by atoms with E-state index in [9.17, 15) is 9.59 Å². The number of amides is 2. The van der Waals surface area contributed by atoms with Gasteiger partial charge in [0, 0.05) is 24.2 Å². The number of rotatable bonds is 6. The van der Waals surface area contributed by atoms with Gasteiger partial charge in [0.25, 0.3) is 0 Å². The van der Waals surface area contributed by atoms with Crippen molar-refractivity contribution in [2.75, 3.05) is 6.54 Å². The van der Waals surface area contributed by atoms with Gasteiger partial charge in [0.15, 0.2) is 0 Å². The molecule has 6 heteroatoms. The summed E-state index contributed by atoms with van der Waals surface area (Å²) < 4.78 is 5.70. The SMILES string of the molecule is CCC(C)(C)OC(=O)NC1(C)CC2CC(C)CC(NCC(=O)N3Cc4ccccc4C3)(C2)C1. The Labute approximate surface area is 198 Å². The van der Waals surface area contributed by atoms with Crippen LogP contribution in [0.4, 0.5) is 4.79 Å². The fourth-order valence-corrected chi connectivity index (χ4v) is 6.58. The quantitative estimate of drug-likeness (QED) is 0.649. The predicted molar refractivity (Wildman–Crippen MR) is 130 cm³/mol. The molecule has 0 aromatic heterocycles. The summed E-state index contributed by atoms with van der Waals surface area (Å²) in [5.41, 5.74) is 1.54. The van der Waals surface area contributed by atoms with Gasteiger partial charge in [0.2, 0.25) is 5.91 Å². The van der Waals surface area contributed by atoms with E-state index in [2.05, 4.69) is 36.6 Å². The van der Waals surface area contributed by atoms with Crippen LogP contribution in [0.3, 0.4) is 0 Å². The zero-order valence-corrected chi connectivity index (χ0v) is 21.0. The molecule has 182 valence electrons. The number of alkyl carbamates (subject to hydrolysis) is 1. The zero-order valence-electron chi connectivity index (χ0n) is 21.0. The van der Waals surface area contributed by atoms with Gasteiger partial charge in [-0.15, -0.1) is 0 Å². The lowest BCUT2D eigenvalue weighted by Gasteiger charge is -2.55. The van der Waals surface area contributed by atoms with E-state index in [1.54, 1.807) is 0 Å². The second-order valence-electron chi connectivity index (χ2n) is 11.8. The molecule has 2 N–H and O–H groups in total. The summed E-state index contributed by atoms with van der Waals surface area (Å²) >= 11 is 0. The van der Waals surface area contributed by atoms with E-state index in [-0.39, 0.29) is 23.1 Å². The van der Waals surface area contributed by atoms with Crippen LogP contribution in [-0.2, 0) is 22.6 Å². The molecule has 0 radical (unpaired) electrons. The highest BCUT2D eigenvalue weighted by molar-refractivity contribution is 5.79. The Morgan fingerprint density at radius 3 is 2.45 bits per heavy atom. The van der Waals surface area contributed by atoms with Crippen molar-refractivity contribution in [1.29, 1.82) is 0 Å².